The van der Waals surface area contributed by atoms with E-state index in [-0.39, 0.29) is 0 Å². The summed E-state index contributed by atoms with van der Waals surface area (Å²) in [7, 11) is 0. The van der Waals surface area contributed by atoms with Crippen LogP contribution < -0.4 is 4.74 Å². The Hall–Kier alpha value is -1.52. The van der Waals surface area contributed by atoms with Crippen molar-refractivity contribution in [2.75, 3.05) is 12.4 Å². The molecule has 0 radical (unpaired) electrons. The molecule has 0 spiro atoms. The lowest BCUT2D eigenvalue weighted by Gasteiger charge is -2.13. The summed E-state index contributed by atoms with van der Waals surface area (Å²) in [6.45, 7) is 4.36. The molecule has 0 fully saturated rings. The molecule has 106 valence electrons. The van der Waals surface area contributed by atoms with Crippen molar-refractivity contribution in [3.8, 4) is 5.75 Å². The highest BCUT2D eigenvalue weighted by Crippen LogP contribution is 2.20. The van der Waals surface area contributed by atoms with Gasteiger partial charge in [0.2, 0.25) is 0 Å². The molecule has 0 amide bonds. The third kappa shape index (κ3) is 4.54. The smallest absolute Gasteiger partial charge is 0.122 e. The summed E-state index contributed by atoms with van der Waals surface area (Å²) in [4.78, 5) is 4.20. The molecule has 0 bridgehead atoms. The van der Waals surface area contributed by atoms with Gasteiger partial charge >= 0.3 is 0 Å². The topological polar surface area (TPSA) is 42.4 Å². The molecule has 20 heavy (non-hydrogen) atoms. The Kier molecular flexibility index (Phi) is 5.44. The van der Waals surface area contributed by atoms with Crippen LogP contribution in [0.4, 0.5) is 0 Å². The van der Waals surface area contributed by atoms with E-state index in [0.717, 1.165) is 16.3 Å². The second kappa shape index (κ2) is 7.31. The van der Waals surface area contributed by atoms with Crippen molar-refractivity contribution in [1.82, 2.24) is 4.98 Å². The summed E-state index contributed by atoms with van der Waals surface area (Å²) in [5.74, 6) is 1.40. The van der Waals surface area contributed by atoms with Crippen LogP contribution in [0.3, 0.4) is 0 Å². The SMILES string of the molecule is Cc1ccc(OC[C@H](O)CSc2ccccn2)c(C)c1. The number of hydrogen-bond acceptors (Lipinski definition) is 4. The molecule has 1 N–H and O–H groups in total. The van der Waals surface area contributed by atoms with Gasteiger partial charge in [0.05, 0.1) is 11.1 Å². The van der Waals surface area contributed by atoms with E-state index in [2.05, 4.69) is 18.0 Å². The van der Waals surface area contributed by atoms with Gasteiger partial charge in [-0.2, -0.15) is 0 Å². The number of rotatable bonds is 6. The van der Waals surface area contributed by atoms with Gasteiger partial charge in [-0.25, -0.2) is 4.98 Å². The maximum atomic E-state index is 9.94. The largest absolute Gasteiger partial charge is 0.491 e. The van der Waals surface area contributed by atoms with Crippen LogP contribution in [0.5, 0.6) is 5.75 Å². The quantitative estimate of drug-likeness (QED) is 0.829. The van der Waals surface area contributed by atoms with Crippen LogP contribution in [0.2, 0.25) is 0 Å². The first-order chi connectivity index (χ1) is 9.65. The van der Waals surface area contributed by atoms with E-state index in [0.29, 0.717) is 12.4 Å². The molecule has 0 saturated carbocycles. The molecule has 1 heterocycles. The van der Waals surface area contributed by atoms with Crippen molar-refractivity contribution < 1.29 is 9.84 Å². The first-order valence-corrected chi connectivity index (χ1v) is 7.55. The van der Waals surface area contributed by atoms with Crippen LogP contribution in [0.1, 0.15) is 11.1 Å². The number of aromatic nitrogens is 1. The summed E-state index contributed by atoms with van der Waals surface area (Å²) in [5.41, 5.74) is 2.30. The van der Waals surface area contributed by atoms with E-state index < -0.39 is 6.10 Å². The first kappa shape index (κ1) is 14.9. The number of ether oxygens (including phenoxy) is 1. The molecular formula is C16H19NO2S. The fourth-order valence-electron chi connectivity index (χ4n) is 1.81. The lowest BCUT2D eigenvalue weighted by atomic mass is 10.1. The molecule has 1 atom stereocenters. The molecule has 3 nitrogen and oxygen atoms in total. The fraction of sp³-hybridized carbons (Fsp3) is 0.312. The number of thioether (sulfide) groups is 1. The predicted octanol–water partition coefficient (Wildman–Crippen LogP) is 3.23. The van der Waals surface area contributed by atoms with Crippen LogP contribution in [0.15, 0.2) is 47.6 Å². The summed E-state index contributed by atoms with van der Waals surface area (Å²) in [6.07, 6.45) is 1.24. The molecule has 1 aromatic carbocycles. The van der Waals surface area contributed by atoms with Gasteiger partial charge in [0.1, 0.15) is 12.4 Å². The fourth-order valence-corrected chi connectivity index (χ4v) is 2.58. The number of aliphatic hydroxyl groups excluding tert-OH is 1. The predicted molar refractivity (Wildman–Crippen MR) is 82.4 cm³/mol. The lowest BCUT2D eigenvalue weighted by Crippen LogP contribution is -2.20. The third-order valence-corrected chi connectivity index (χ3v) is 3.91. The zero-order valence-corrected chi connectivity index (χ0v) is 12.6. The second-order valence-electron chi connectivity index (χ2n) is 4.71. The number of hydrogen-bond donors (Lipinski definition) is 1. The third-order valence-electron chi connectivity index (χ3n) is 2.82. The van der Waals surface area contributed by atoms with Crippen LogP contribution >= 0.6 is 11.8 Å². The zero-order chi connectivity index (χ0) is 14.4. The number of benzene rings is 1. The van der Waals surface area contributed by atoms with Gasteiger partial charge in [-0.05, 0) is 37.6 Å². The van der Waals surface area contributed by atoms with Gasteiger partial charge in [-0.1, -0.05) is 23.8 Å². The number of pyridine rings is 1. The van der Waals surface area contributed by atoms with E-state index in [1.807, 2.05) is 37.3 Å². The molecule has 4 heteroatoms. The van der Waals surface area contributed by atoms with Crippen molar-refractivity contribution in [3.05, 3.63) is 53.7 Å². The average Bonchev–Trinajstić information content (AvgIpc) is 2.45. The molecule has 1 aromatic heterocycles. The highest BCUT2D eigenvalue weighted by atomic mass is 32.2. The summed E-state index contributed by atoms with van der Waals surface area (Å²) >= 11 is 1.53. The minimum Gasteiger partial charge on any atom is -0.491 e. The van der Waals surface area contributed by atoms with E-state index in [9.17, 15) is 5.11 Å². The van der Waals surface area contributed by atoms with Crippen LogP contribution in [0.25, 0.3) is 0 Å². The van der Waals surface area contributed by atoms with Crippen LogP contribution in [-0.2, 0) is 0 Å². The Bertz CT molecular complexity index is 545. The highest BCUT2D eigenvalue weighted by Gasteiger charge is 2.08. The van der Waals surface area contributed by atoms with Gasteiger partial charge in [-0.15, -0.1) is 11.8 Å². The Labute approximate surface area is 124 Å². The Balaban J connectivity index is 1.79. The number of aliphatic hydroxyl groups is 1. The molecule has 0 unspecified atom stereocenters. The lowest BCUT2D eigenvalue weighted by molar-refractivity contribution is 0.126. The highest BCUT2D eigenvalue weighted by molar-refractivity contribution is 7.99. The summed E-state index contributed by atoms with van der Waals surface area (Å²) < 4.78 is 5.66. The molecule has 0 aliphatic heterocycles. The van der Waals surface area contributed by atoms with Gasteiger partial charge in [0.25, 0.3) is 0 Å². The van der Waals surface area contributed by atoms with E-state index in [4.69, 9.17) is 4.74 Å². The standard InChI is InChI=1S/C16H19NO2S/c1-12-6-7-15(13(2)9-12)19-10-14(18)11-20-16-5-3-4-8-17-16/h3-9,14,18H,10-11H2,1-2H3/t14-/m0/s1. The molecule has 0 aliphatic rings. The normalized spacial score (nSPS) is 12.2. The van der Waals surface area contributed by atoms with Crippen LogP contribution in [0, 0.1) is 13.8 Å². The molecule has 2 aromatic rings. The second-order valence-corrected chi connectivity index (χ2v) is 5.75. The van der Waals surface area contributed by atoms with E-state index in [1.165, 1.54) is 17.3 Å². The summed E-state index contributed by atoms with van der Waals surface area (Å²) in [5, 5.41) is 10.9. The number of nitrogens with zero attached hydrogens (tertiary/aromatic N) is 1. The van der Waals surface area contributed by atoms with Gasteiger partial charge in [0, 0.05) is 11.9 Å². The molecule has 0 saturated heterocycles. The zero-order valence-electron chi connectivity index (χ0n) is 11.7. The van der Waals surface area contributed by atoms with Gasteiger partial charge < -0.3 is 9.84 Å². The van der Waals surface area contributed by atoms with Gasteiger partial charge in [0.15, 0.2) is 0 Å². The Morgan fingerprint density at radius 3 is 2.80 bits per heavy atom. The van der Waals surface area contributed by atoms with Crippen molar-refractivity contribution in [1.29, 1.82) is 0 Å². The van der Waals surface area contributed by atoms with Crippen molar-refractivity contribution in [2.45, 2.75) is 25.0 Å². The summed E-state index contributed by atoms with van der Waals surface area (Å²) in [6, 6.07) is 11.8. The Morgan fingerprint density at radius 2 is 2.10 bits per heavy atom. The first-order valence-electron chi connectivity index (χ1n) is 6.57. The molecule has 0 aliphatic carbocycles. The monoisotopic (exact) mass is 289 g/mol. The van der Waals surface area contributed by atoms with E-state index in [1.54, 1.807) is 6.20 Å². The van der Waals surface area contributed by atoms with Crippen LogP contribution in [-0.4, -0.2) is 28.6 Å². The van der Waals surface area contributed by atoms with E-state index >= 15 is 0 Å². The molecule has 2 rings (SSSR count). The van der Waals surface area contributed by atoms with Gasteiger partial charge in [-0.3, -0.25) is 0 Å². The van der Waals surface area contributed by atoms with Crippen molar-refractivity contribution in [3.63, 3.8) is 0 Å². The number of aryl methyl sites for hydroxylation is 2. The minimum atomic E-state index is -0.511. The Morgan fingerprint density at radius 1 is 1.25 bits per heavy atom. The maximum Gasteiger partial charge on any atom is 0.122 e. The maximum absolute atomic E-state index is 9.94. The van der Waals surface area contributed by atoms with Crippen molar-refractivity contribution >= 4 is 11.8 Å². The minimum absolute atomic E-state index is 0.295. The average molecular weight is 289 g/mol. The van der Waals surface area contributed by atoms with Crippen molar-refractivity contribution in [2.24, 2.45) is 0 Å². The molecular weight excluding hydrogens is 270 g/mol.